The summed E-state index contributed by atoms with van der Waals surface area (Å²) in [7, 11) is -3.13. The molecule has 1 saturated heterocycles. The molecule has 1 aromatic carbocycles. The van der Waals surface area contributed by atoms with Crippen LogP contribution in [0.1, 0.15) is 51.6 Å². The number of piperidine rings is 1. The summed E-state index contributed by atoms with van der Waals surface area (Å²) >= 11 is 0. The van der Waals surface area contributed by atoms with E-state index in [4.69, 9.17) is 9.47 Å². The molecule has 1 fully saturated rings. The maximum absolute atomic E-state index is 12.4. The fourth-order valence-electron chi connectivity index (χ4n) is 3.73. The standard InChI is InChI=1S/C20H32N2O4S/c1-15(2)14-27(23,24)22-9-7-18(8-10-22)21-16(3)17-5-6-19-20(13-17)26-12-4-11-25-19/h5-6,13,15-16,18,21H,4,7-12,14H2,1-3H3. The highest BCUT2D eigenvalue weighted by Crippen LogP contribution is 2.32. The summed E-state index contributed by atoms with van der Waals surface area (Å²) in [4.78, 5) is 0. The quantitative estimate of drug-likeness (QED) is 0.801. The van der Waals surface area contributed by atoms with Crippen LogP contribution in [0.25, 0.3) is 0 Å². The minimum atomic E-state index is -3.13. The van der Waals surface area contributed by atoms with Crippen LogP contribution in [0.2, 0.25) is 0 Å². The van der Waals surface area contributed by atoms with Gasteiger partial charge in [0.1, 0.15) is 0 Å². The van der Waals surface area contributed by atoms with E-state index in [1.54, 1.807) is 4.31 Å². The lowest BCUT2D eigenvalue weighted by Crippen LogP contribution is -2.46. The zero-order valence-corrected chi connectivity index (χ0v) is 17.4. The topological polar surface area (TPSA) is 67.9 Å². The SMILES string of the molecule is CC(C)CS(=O)(=O)N1CCC(NC(C)c2ccc3c(c2)OCCCO3)CC1. The first-order valence-corrected chi connectivity index (χ1v) is 11.6. The number of rotatable bonds is 6. The summed E-state index contributed by atoms with van der Waals surface area (Å²) in [5.41, 5.74) is 1.16. The Morgan fingerprint density at radius 1 is 1.11 bits per heavy atom. The second-order valence-electron chi connectivity index (χ2n) is 7.99. The Morgan fingerprint density at radius 2 is 1.78 bits per heavy atom. The van der Waals surface area contributed by atoms with Gasteiger partial charge in [-0.15, -0.1) is 0 Å². The van der Waals surface area contributed by atoms with Crippen LogP contribution in [0.15, 0.2) is 18.2 Å². The predicted octanol–water partition coefficient (Wildman–Crippen LogP) is 2.95. The Morgan fingerprint density at radius 3 is 2.44 bits per heavy atom. The molecule has 2 heterocycles. The molecule has 2 aliphatic rings. The minimum Gasteiger partial charge on any atom is -0.490 e. The molecule has 1 unspecified atom stereocenters. The number of ether oxygens (including phenoxy) is 2. The van der Waals surface area contributed by atoms with Crippen LogP contribution in [0, 0.1) is 5.92 Å². The zero-order chi connectivity index (χ0) is 19.4. The highest BCUT2D eigenvalue weighted by atomic mass is 32.2. The molecule has 0 spiro atoms. The molecule has 7 heteroatoms. The highest BCUT2D eigenvalue weighted by molar-refractivity contribution is 7.89. The average molecular weight is 397 g/mol. The lowest BCUT2D eigenvalue weighted by atomic mass is 10.0. The van der Waals surface area contributed by atoms with Crippen molar-refractivity contribution < 1.29 is 17.9 Å². The van der Waals surface area contributed by atoms with Crippen molar-refractivity contribution in [2.24, 2.45) is 5.92 Å². The van der Waals surface area contributed by atoms with E-state index < -0.39 is 10.0 Å². The third-order valence-corrected chi connectivity index (χ3v) is 7.39. The number of fused-ring (bicyclic) bond motifs is 1. The van der Waals surface area contributed by atoms with Gasteiger partial charge >= 0.3 is 0 Å². The molecular weight excluding hydrogens is 364 g/mol. The Labute approximate surface area is 163 Å². The minimum absolute atomic E-state index is 0.158. The molecule has 152 valence electrons. The van der Waals surface area contributed by atoms with Crippen molar-refractivity contribution in [3.63, 3.8) is 0 Å². The van der Waals surface area contributed by atoms with Crippen LogP contribution >= 0.6 is 0 Å². The van der Waals surface area contributed by atoms with Crippen LogP contribution in [-0.2, 0) is 10.0 Å². The third-order valence-electron chi connectivity index (χ3n) is 5.15. The van der Waals surface area contributed by atoms with Crippen molar-refractivity contribution in [3.8, 4) is 11.5 Å². The third kappa shape index (κ3) is 5.36. The smallest absolute Gasteiger partial charge is 0.214 e. The molecule has 1 atom stereocenters. The zero-order valence-electron chi connectivity index (χ0n) is 16.6. The van der Waals surface area contributed by atoms with Gasteiger partial charge in [-0.05, 0) is 43.4 Å². The van der Waals surface area contributed by atoms with E-state index in [1.807, 2.05) is 19.9 Å². The summed E-state index contributed by atoms with van der Waals surface area (Å²) in [6.45, 7) is 8.61. The van der Waals surface area contributed by atoms with E-state index in [0.29, 0.717) is 32.3 Å². The summed E-state index contributed by atoms with van der Waals surface area (Å²) in [6, 6.07) is 6.61. The van der Waals surface area contributed by atoms with E-state index in [2.05, 4.69) is 24.4 Å². The molecule has 1 N–H and O–H groups in total. The number of hydrogen-bond acceptors (Lipinski definition) is 5. The summed E-state index contributed by atoms with van der Waals surface area (Å²) in [5, 5.41) is 3.65. The summed E-state index contributed by atoms with van der Waals surface area (Å²) in [5.74, 6) is 2.02. The van der Waals surface area contributed by atoms with E-state index in [9.17, 15) is 8.42 Å². The van der Waals surface area contributed by atoms with Gasteiger partial charge in [-0.1, -0.05) is 19.9 Å². The molecule has 3 rings (SSSR count). The van der Waals surface area contributed by atoms with Crippen molar-refractivity contribution in [1.82, 2.24) is 9.62 Å². The van der Waals surface area contributed by atoms with Gasteiger partial charge in [0.05, 0.1) is 19.0 Å². The first-order valence-electron chi connectivity index (χ1n) is 9.98. The van der Waals surface area contributed by atoms with Gasteiger partial charge in [-0.3, -0.25) is 0 Å². The second-order valence-corrected chi connectivity index (χ2v) is 10.0. The van der Waals surface area contributed by atoms with Crippen molar-refractivity contribution >= 4 is 10.0 Å². The van der Waals surface area contributed by atoms with Crippen LogP contribution in [0.3, 0.4) is 0 Å². The first-order chi connectivity index (χ1) is 12.8. The van der Waals surface area contributed by atoms with Gasteiger partial charge in [0, 0.05) is 31.6 Å². The molecular formula is C20H32N2O4S. The molecule has 1 aromatic rings. The van der Waals surface area contributed by atoms with Crippen LogP contribution in [0.4, 0.5) is 0 Å². The number of hydrogen-bond donors (Lipinski definition) is 1. The van der Waals surface area contributed by atoms with Crippen molar-refractivity contribution in [2.75, 3.05) is 32.1 Å². The van der Waals surface area contributed by atoms with Gasteiger partial charge in [-0.25, -0.2) is 12.7 Å². The van der Waals surface area contributed by atoms with Crippen LogP contribution in [-0.4, -0.2) is 50.8 Å². The Bertz CT molecular complexity index is 727. The van der Waals surface area contributed by atoms with E-state index >= 15 is 0 Å². The molecule has 2 aliphatic heterocycles. The number of nitrogens with one attached hydrogen (secondary N) is 1. The number of benzene rings is 1. The van der Waals surface area contributed by atoms with Gasteiger partial charge in [0.25, 0.3) is 0 Å². The second kappa shape index (κ2) is 8.80. The molecule has 27 heavy (non-hydrogen) atoms. The van der Waals surface area contributed by atoms with Gasteiger partial charge < -0.3 is 14.8 Å². The van der Waals surface area contributed by atoms with Gasteiger partial charge in [-0.2, -0.15) is 0 Å². The predicted molar refractivity (Wildman–Crippen MR) is 107 cm³/mol. The molecule has 0 aromatic heterocycles. The molecule has 0 bridgehead atoms. The van der Waals surface area contributed by atoms with Crippen molar-refractivity contribution in [3.05, 3.63) is 23.8 Å². The van der Waals surface area contributed by atoms with Crippen LogP contribution < -0.4 is 14.8 Å². The summed E-state index contributed by atoms with van der Waals surface area (Å²) in [6.07, 6.45) is 2.58. The fraction of sp³-hybridized carbons (Fsp3) is 0.700. The van der Waals surface area contributed by atoms with E-state index in [0.717, 1.165) is 36.3 Å². The van der Waals surface area contributed by atoms with Crippen molar-refractivity contribution in [2.45, 2.75) is 52.1 Å². The average Bonchev–Trinajstić information content (AvgIpc) is 2.85. The van der Waals surface area contributed by atoms with E-state index in [1.165, 1.54) is 0 Å². The lowest BCUT2D eigenvalue weighted by Gasteiger charge is -2.33. The monoisotopic (exact) mass is 396 g/mol. The first kappa shape index (κ1) is 20.4. The fourth-order valence-corrected chi connectivity index (χ4v) is 5.55. The van der Waals surface area contributed by atoms with Crippen molar-refractivity contribution in [1.29, 1.82) is 0 Å². The van der Waals surface area contributed by atoms with E-state index in [-0.39, 0.29) is 17.7 Å². The molecule has 0 radical (unpaired) electrons. The molecule has 0 saturated carbocycles. The molecule has 0 amide bonds. The molecule has 0 aliphatic carbocycles. The highest BCUT2D eigenvalue weighted by Gasteiger charge is 2.29. The van der Waals surface area contributed by atoms with Crippen LogP contribution in [0.5, 0.6) is 11.5 Å². The summed E-state index contributed by atoms with van der Waals surface area (Å²) < 4.78 is 37.9. The van der Waals surface area contributed by atoms with Gasteiger partial charge in [0.2, 0.25) is 10.0 Å². The number of sulfonamides is 1. The Hall–Kier alpha value is -1.31. The normalized spacial score (nSPS) is 20.4. The maximum atomic E-state index is 12.4. The molecule has 6 nitrogen and oxygen atoms in total. The number of nitrogens with zero attached hydrogens (tertiary/aromatic N) is 1. The Kier molecular flexibility index (Phi) is 6.65. The maximum Gasteiger partial charge on any atom is 0.214 e. The van der Waals surface area contributed by atoms with Gasteiger partial charge in [0.15, 0.2) is 11.5 Å². The largest absolute Gasteiger partial charge is 0.490 e. The lowest BCUT2D eigenvalue weighted by molar-refractivity contribution is 0.276. The Balaban J connectivity index is 1.55.